The number of hydrogen-bond acceptors (Lipinski definition) is 7. The largest absolute Gasteiger partial charge is 0.420 e. The lowest BCUT2D eigenvalue weighted by Gasteiger charge is -2.37. The summed E-state index contributed by atoms with van der Waals surface area (Å²) < 4.78 is 49.4. The van der Waals surface area contributed by atoms with Crippen LogP contribution >= 0.6 is 0 Å². The maximum absolute atomic E-state index is 14.7. The Kier molecular flexibility index (Phi) is 6.35. The van der Waals surface area contributed by atoms with Crippen LogP contribution in [-0.2, 0) is 12.1 Å². The molecule has 0 spiro atoms. The number of nitrogens with zero attached hydrogens (tertiary/aromatic N) is 6. The van der Waals surface area contributed by atoms with Crippen LogP contribution in [-0.4, -0.2) is 54.6 Å². The zero-order valence-corrected chi connectivity index (χ0v) is 18.7. The van der Waals surface area contributed by atoms with Crippen molar-refractivity contribution in [3.05, 3.63) is 84.0 Å². The molecule has 1 unspecified atom stereocenters. The Hall–Kier alpha value is -3.57. The van der Waals surface area contributed by atoms with Gasteiger partial charge in [-0.1, -0.05) is 18.2 Å². The van der Waals surface area contributed by atoms with E-state index in [0.717, 1.165) is 12.1 Å². The Morgan fingerprint density at radius 1 is 1.00 bits per heavy atom. The van der Waals surface area contributed by atoms with Crippen molar-refractivity contribution in [3.63, 3.8) is 0 Å². The molecule has 0 saturated carbocycles. The lowest BCUT2D eigenvalue weighted by atomic mass is 9.90. The monoisotopic (exact) mass is 484 g/mol. The molecule has 5 rings (SSSR count). The Bertz CT molecular complexity index is 1290. The highest BCUT2D eigenvalue weighted by Crippen LogP contribution is 2.33. The summed E-state index contributed by atoms with van der Waals surface area (Å²) in [4.78, 5) is 5.89. The van der Waals surface area contributed by atoms with Crippen LogP contribution in [0.2, 0.25) is 0 Å². The number of rotatable bonds is 7. The molecule has 2 aromatic carbocycles. The topological polar surface area (TPSA) is 93.1 Å². The minimum Gasteiger partial charge on any atom is -0.420 e. The van der Waals surface area contributed by atoms with Gasteiger partial charge >= 0.3 is 0 Å². The standard InChI is InChI=1S/C24H23F3N6O2/c25-17-5-6-19(21(27)11-17)24(34,13-33-15-28-14-29-33)12-32-9-7-16(8-10-32)22-30-31-23(35-22)18-3-1-2-4-20(18)26/h1-6,11,14-16,34H,7-10,12-13H2. The summed E-state index contributed by atoms with van der Waals surface area (Å²) in [6.07, 6.45) is 4.07. The molecule has 2 aromatic heterocycles. The van der Waals surface area contributed by atoms with E-state index < -0.39 is 23.1 Å². The average molecular weight is 484 g/mol. The SMILES string of the molecule is OC(CN1CCC(c2nnc(-c3ccccc3F)o2)CC1)(Cn1cncn1)c1ccc(F)cc1F. The Balaban J connectivity index is 1.29. The van der Waals surface area contributed by atoms with Gasteiger partial charge in [-0.25, -0.2) is 22.8 Å². The van der Waals surface area contributed by atoms with Crippen molar-refractivity contribution in [2.75, 3.05) is 19.6 Å². The van der Waals surface area contributed by atoms with Crippen LogP contribution in [0.1, 0.15) is 30.2 Å². The third kappa shape index (κ3) is 4.96. The molecule has 1 aliphatic heterocycles. The molecule has 8 nitrogen and oxygen atoms in total. The molecule has 1 fully saturated rings. The predicted molar refractivity (Wildman–Crippen MR) is 118 cm³/mol. The predicted octanol–water partition coefficient (Wildman–Crippen LogP) is 3.51. The molecule has 182 valence electrons. The first-order valence-corrected chi connectivity index (χ1v) is 11.2. The summed E-state index contributed by atoms with van der Waals surface area (Å²) in [7, 11) is 0. The van der Waals surface area contributed by atoms with Gasteiger partial charge in [0.1, 0.15) is 35.7 Å². The van der Waals surface area contributed by atoms with E-state index in [1.165, 1.54) is 29.5 Å². The van der Waals surface area contributed by atoms with Crippen molar-refractivity contribution in [2.24, 2.45) is 0 Å². The highest BCUT2D eigenvalue weighted by atomic mass is 19.1. The van der Waals surface area contributed by atoms with Crippen LogP contribution in [0.5, 0.6) is 0 Å². The fourth-order valence-electron chi connectivity index (χ4n) is 4.52. The molecule has 3 heterocycles. The molecular weight excluding hydrogens is 461 g/mol. The quantitative estimate of drug-likeness (QED) is 0.429. The maximum Gasteiger partial charge on any atom is 0.250 e. The van der Waals surface area contributed by atoms with Crippen molar-refractivity contribution >= 4 is 0 Å². The van der Waals surface area contributed by atoms with E-state index >= 15 is 0 Å². The van der Waals surface area contributed by atoms with Crippen LogP contribution in [0.4, 0.5) is 13.2 Å². The van der Waals surface area contributed by atoms with Crippen molar-refractivity contribution in [1.29, 1.82) is 0 Å². The van der Waals surface area contributed by atoms with Gasteiger partial charge < -0.3 is 14.4 Å². The van der Waals surface area contributed by atoms with Gasteiger partial charge in [-0.15, -0.1) is 10.2 Å². The first-order valence-electron chi connectivity index (χ1n) is 11.2. The molecular formula is C24H23F3N6O2. The fraction of sp³-hybridized carbons (Fsp3) is 0.333. The summed E-state index contributed by atoms with van der Waals surface area (Å²) in [6, 6.07) is 9.36. The number of benzene rings is 2. The number of β-amino-alcohol motifs (C(OH)–C–C–N with tert-alkyl or cyclic N) is 1. The number of likely N-dealkylation sites (tertiary alicyclic amines) is 1. The van der Waals surface area contributed by atoms with Gasteiger partial charge in [-0.2, -0.15) is 5.10 Å². The highest BCUT2D eigenvalue weighted by molar-refractivity contribution is 5.53. The van der Waals surface area contributed by atoms with Crippen molar-refractivity contribution < 1.29 is 22.7 Å². The molecule has 0 bridgehead atoms. The van der Waals surface area contributed by atoms with Crippen LogP contribution in [0.25, 0.3) is 11.5 Å². The second-order valence-electron chi connectivity index (χ2n) is 8.72. The molecule has 0 radical (unpaired) electrons. The number of halogens is 3. The van der Waals surface area contributed by atoms with Gasteiger partial charge in [-0.05, 0) is 44.1 Å². The summed E-state index contributed by atoms with van der Waals surface area (Å²) in [5.74, 6) is -1.43. The Morgan fingerprint density at radius 3 is 2.51 bits per heavy atom. The Labute approximate surface area is 199 Å². The van der Waals surface area contributed by atoms with Gasteiger partial charge in [0, 0.05) is 24.1 Å². The van der Waals surface area contributed by atoms with Gasteiger partial charge in [-0.3, -0.25) is 0 Å². The van der Waals surface area contributed by atoms with E-state index in [1.54, 1.807) is 18.2 Å². The van der Waals surface area contributed by atoms with Crippen LogP contribution in [0.15, 0.2) is 59.5 Å². The summed E-state index contributed by atoms with van der Waals surface area (Å²) in [5, 5.41) is 23.7. The van der Waals surface area contributed by atoms with E-state index in [1.807, 2.05) is 4.90 Å². The minimum absolute atomic E-state index is 0.0112. The number of hydrogen-bond donors (Lipinski definition) is 1. The number of aromatic nitrogens is 5. The summed E-state index contributed by atoms with van der Waals surface area (Å²) in [5.41, 5.74) is -1.42. The van der Waals surface area contributed by atoms with Gasteiger partial charge in [0.2, 0.25) is 5.89 Å². The van der Waals surface area contributed by atoms with Crippen molar-refractivity contribution in [2.45, 2.75) is 30.9 Å². The van der Waals surface area contributed by atoms with Crippen LogP contribution < -0.4 is 0 Å². The van der Waals surface area contributed by atoms with Gasteiger partial charge in [0.15, 0.2) is 0 Å². The molecule has 35 heavy (non-hydrogen) atoms. The van der Waals surface area contributed by atoms with E-state index in [-0.39, 0.29) is 36.0 Å². The van der Waals surface area contributed by atoms with Gasteiger partial charge in [0.25, 0.3) is 5.89 Å². The molecule has 1 aliphatic rings. The van der Waals surface area contributed by atoms with Crippen molar-refractivity contribution in [1.82, 2.24) is 29.9 Å². The Morgan fingerprint density at radius 2 is 1.80 bits per heavy atom. The molecule has 11 heteroatoms. The van der Waals surface area contributed by atoms with E-state index in [2.05, 4.69) is 20.3 Å². The van der Waals surface area contributed by atoms with Crippen molar-refractivity contribution in [3.8, 4) is 11.5 Å². The average Bonchev–Trinajstić information content (AvgIpc) is 3.52. The fourth-order valence-corrected chi connectivity index (χ4v) is 4.52. The van der Waals surface area contributed by atoms with E-state index in [9.17, 15) is 18.3 Å². The lowest BCUT2D eigenvalue weighted by Crippen LogP contribution is -2.47. The number of piperidine rings is 1. The minimum atomic E-state index is -1.67. The molecule has 1 saturated heterocycles. The molecule has 4 aromatic rings. The molecule has 0 aliphatic carbocycles. The zero-order valence-electron chi connectivity index (χ0n) is 18.7. The maximum atomic E-state index is 14.7. The summed E-state index contributed by atoms with van der Waals surface area (Å²) in [6.45, 7) is 1.20. The van der Waals surface area contributed by atoms with E-state index in [4.69, 9.17) is 4.42 Å². The number of aliphatic hydroxyl groups is 1. The van der Waals surface area contributed by atoms with E-state index in [0.29, 0.717) is 31.8 Å². The first-order chi connectivity index (χ1) is 16.9. The normalized spacial score (nSPS) is 16.9. The summed E-state index contributed by atoms with van der Waals surface area (Å²) >= 11 is 0. The van der Waals surface area contributed by atoms with Gasteiger partial charge in [0.05, 0.1) is 12.1 Å². The molecule has 1 N–H and O–H groups in total. The second-order valence-corrected chi connectivity index (χ2v) is 8.72. The lowest BCUT2D eigenvalue weighted by molar-refractivity contribution is -0.0270. The molecule has 1 atom stereocenters. The molecule has 0 amide bonds. The zero-order chi connectivity index (χ0) is 24.4. The third-order valence-corrected chi connectivity index (χ3v) is 6.29. The second kappa shape index (κ2) is 9.59. The highest BCUT2D eigenvalue weighted by Gasteiger charge is 2.37. The van der Waals surface area contributed by atoms with Crippen LogP contribution in [0, 0.1) is 17.5 Å². The van der Waals surface area contributed by atoms with Crippen LogP contribution in [0.3, 0.4) is 0 Å². The third-order valence-electron chi connectivity index (χ3n) is 6.29. The smallest absolute Gasteiger partial charge is 0.250 e. The first kappa shape index (κ1) is 23.2.